The number of benzene rings is 2. The summed E-state index contributed by atoms with van der Waals surface area (Å²) in [5.41, 5.74) is 3.43. The minimum absolute atomic E-state index is 0.00288. The molecule has 1 aromatic heterocycles. The topological polar surface area (TPSA) is 67.6 Å². The molecule has 1 fully saturated rings. The van der Waals surface area contributed by atoms with Crippen LogP contribution in [0.5, 0.6) is 0 Å². The molecule has 2 amide bonds. The summed E-state index contributed by atoms with van der Waals surface area (Å²) < 4.78 is 5.83. The predicted molar refractivity (Wildman–Crippen MR) is 117 cm³/mol. The van der Waals surface area contributed by atoms with Gasteiger partial charge in [0.25, 0.3) is 11.1 Å². The molecule has 0 N–H and O–H groups in total. The highest BCUT2D eigenvalue weighted by atomic mass is 32.2. The largest absolute Gasteiger partial charge is 0.457 e. The molecule has 2 heterocycles. The van der Waals surface area contributed by atoms with E-state index in [4.69, 9.17) is 4.42 Å². The molecule has 0 bridgehead atoms. The zero-order valence-corrected chi connectivity index (χ0v) is 17.4. The molecule has 4 rings (SSSR count). The highest BCUT2D eigenvalue weighted by Gasteiger charge is 2.35. The molecule has 0 atom stereocenters. The summed E-state index contributed by atoms with van der Waals surface area (Å²) in [7, 11) is 0. The normalized spacial score (nSPS) is 15.3. The van der Waals surface area contributed by atoms with Gasteiger partial charge in [-0.05, 0) is 48.9 Å². The van der Waals surface area contributed by atoms with Crippen LogP contribution in [0.4, 0.5) is 4.79 Å². The van der Waals surface area contributed by atoms with Crippen molar-refractivity contribution >= 4 is 34.8 Å². The molecule has 3 aromatic rings. The van der Waals surface area contributed by atoms with Crippen LogP contribution in [0.15, 0.2) is 70.0 Å². The van der Waals surface area contributed by atoms with Gasteiger partial charge in [-0.1, -0.05) is 48.5 Å². The van der Waals surface area contributed by atoms with Gasteiger partial charge in [0.15, 0.2) is 5.78 Å². The van der Waals surface area contributed by atoms with Crippen LogP contribution in [-0.2, 0) is 11.3 Å². The molecule has 0 spiro atoms. The van der Waals surface area contributed by atoms with Crippen LogP contribution in [0.3, 0.4) is 0 Å². The van der Waals surface area contributed by atoms with E-state index in [2.05, 4.69) is 0 Å². The Hall–Kier alpha value is -3.38. The van der Waals surface area contributed by atoms with E-state index >= 15 is 0 Å². The second-order valence-corrected chi connectivity index (χ2v) is 8.02. The van der Waals surface area contributed by atoms with Gasteiger partial charge in [0, 0.05) is 17.2 Å². The van der Waals surface area contributed by atoms with Gasteiger partial charge in [0.05, 0.1) is 11.4 Å². The number of hydrogen-bond donors (Lipinski definition) is 0. The van der Waals surface area contributed by atoms with Gasteiger partial charge in [-0.15, -0.1) is 0 Å². The highest BCUT2D eigenvalue weighted by molar-refractivity contribution is 8.18. The van der Waals surface area contributed by atoms with Crippen molar-refractivity contribution in [3.8, 4) is 11.3 Å². The minimum atomic E-state index is -0.322. The first-order valence-electron chi connectivity index (χ1n) is 9.43. The fourth-order valence-corrected chi connectivity index (χ4v) is 4.00. The first kappa shape index (κ1) is 19.9. The molecule has 0 unspecified atom stereocenters. The molecule has 1 aliphatic rings. The molecule has 30 heavy (non-hydrogen) atoms. The molecule has 1 saturated heterocycles. The first-order valence-corrected chi connectivity index (χ1v) is 10.2. The van der Waals surface area contributed by atoms with Crippen molar-refractivity contribution < 1.29 is 18.8 Å². The zero-order chi connectivity index (χ0) is 21.3. The minimum Gasteiger partial charge on any atom is -0.457 e. The van der Waals surface area contributed by atoms with Gasteiger partial charge in [-0.2, -0.15) is 0 Å². The number of furan rings is 1. The predicted octanol–water partition coefficient (Wildman–Crippen LogP) is 5.69. The van der Waals surface area contributed by atoms with E-state index in [0.717, 1.165) is 28.5 Å². The van der Waals surface area contributed by atoms with Crippen molar-refractivity contribution in [2.45, 2.75) is 20.4 Å². The van der Waals surface area contributed by atoms with E-state index in [1.807, 2.05) is 43.3 Å². The summed E-state index contributed by atoms with van der Waals surface area (Å²) >= 11 is 0.913. The van der Waals surface area contributed by atoms with E-state index in [9.17, 15) is 14.4 Å². The van der Waals surface area contributed by atoms with E-state index < -0.39 is 0 Å². The van der Waals surface area contributed by atoms with Crippen molar-refractivity contribution in [1.29, 1.82) is 0 Å². The quantitative estimate of drug-likeness (QED) is 0.394. The van der Waals surface area contributed by atoms with Crippen molar-refractivity contribution in [2.75, 3.05) is 0 Å². The monoisotopic (exact) mass is 417 g/mol. The van der Waals surface area contributed by atoms with E-state index in [1.54, 1.807) is 30.3 Å². The van der Waals surface area contributed by atoms with Crippen LogP contribution >= 0.6 is 11.8 Å². The summed E-state index contributed by atoms with van der Waals surface area (Å²) in [6.45, 7) is 3.73. The van der Waals surface area contributed by atoms with Gasteiger partial charge in [-0.25, -0.2) is 0 Å². The van der Waals surface area contributed by atoms with Gasteiger partial charge in [0.2, 0.25) is 0 Å². The van der Waals surface area contributed by atoms with Crippen molar-refractivity contribution in [3.05, 3.63) is 88.0 Å². The maximum Gasteiger partial charge on any atom is 0.293 e. The summed E-state index contributed by atoms with van der Waals surface area (Å²) in [6, 6.07) is 18.4. The number of imide groups is 1. The lowest BCUT2D eigenvalue weighted by atomic mass is 10.1. The molecule has 150 valence electrons. The van der Waals surface area contributed by atoms with Gasteiger partial charge in [-0.3, -0.25) is 19.3 Å². The lowest BCUT2D eigenvalue weighted by molar-refractivity contribution is -0.123. The van der Waals surface area contributed by atoms with Gasteiger partial charge >= 0.3 is 0 Å². The summed E-state index contributed by atoms with van der Waals surface area (Å²) in [6.07, 6.45) is 1.59. The van der Waals surface area contributed by atoms with Crippen LogP contribution in [-0.4, -0.2) is 21.8 Å². The summed E-state index contributed by atoms with van der Waals surface area (Å²) in [4.78, 5) is 38.1. The first-order chi connectivity index (χ1) is 14.4. The summed E-state index contributed by atoms with van der Waals surface area (Å²) in [5, 5.41) is -0.291. The molecule has 6 heteroatoms. The number of aryl methyl sites for hydroxylation is 1. The molecule has 2 aromatic carbocycles. The third kappa shape index (κ3) is 4.00. The molecule has 0 aliphatic carbocycles. The lowest BCUT2D eigenvalue weighted by Gasteiger charge is -2.14. The number of carbonyl (C=O) groups is 3. The van der Waals surface area contributed by atoms with Crippen molar-refractivity contribution in [1.82, 2.24) is 4.90 Å². The third-order valence-corrected chi connectivity index (χ3v) is 5.85. The van der Waals surface area contributed by atoms with Gasteiger partial charge in [0.1, 0.15) is 11.5 Å². The Bertz CT molecular complexity index is 1170. The Morgan fingerprint density at radius 2 is 1.77 bits per heavy atom. The second-order valence-electron chi connectivity index (χ2n) is 7.03. The fourth-order valence-electron chi connectivity index (χ4n) is 3.18. The van der Waals surface area contributed by atoms with E-state index in [-0.39, 0.29) is 23.5 Å². The maximum absolute atomic E-state index is 12.8. The third-order valence-electron chi connectivity index (χ3n) is 4.94. The zero-order valence-electron chi connectivity index (χ0n) is 16.5. The van der Waals surface area contributed by atoms with Crippen LogP contribution in [0.25, 0.3) is 17.4 Å². The molecule has 0 saturated carbocycles. The Labute approximate surface area is 178 Å². The number of ketones is 1. The average molecular weight is 417 g/mol. The number of thioether (sulfide) groups is 1. The SMILES string of the molecule is CC(=O)c1ccc(-c2ccc(/C=C3\SC(=O)N(Cc4ccccc4C)C3=O)o2)cc1. The van der Waals surface area contributed by atoms with Crippen molar-refractivity contribution in [2.24, 2.45) is 0 Å². The average Bonchev–Trinajstić information content (AvgIpc) is 3.30. The standard InChI is InChI=1S/C24H19NO4S/c1-15-5-3-4-6-19(15)14-25-23(27)22(30-24(25)28)13-20-11-12-21(29-20)18-9-7-17(8-10-18)16(2)26/h3-13H,14H2,1-2H3/b22-13-. The highest BCUT2D eigenvalue weighted by Crippen LogP contribution is 2.34. The Kier molecular flexibility index (Phi) is 5.42. The number of Topliss-reactive ketones (excluding diaryl/α,β-unsaturated/α-hetero) is 1. The number of rotatable bonds is 5. The molecule has 5 nitrogen and oxygen atoms in total. The van der Waals surface area contributed by atoms with Gasteiger partial charge < -0.3 is 4.42 Å². The Morgan fingerprint density at radius 3 is 2.47 bits per heavy atom. The molecule has 1 aliphatic heterocycles. The number of amides is 2. The fraction of sp³-hybridized carbons (Fsp3) is 0.125. The number of carbonyl (C=O) groups excluding carboxylic acids is 3. The molecule has 0 radical (unpaired) electrons. The number of nitrogens with zero attached hydrogens (tertiary/aromatic N) is 1. The van der Waals surface area contributed by atoms with Crippen LogP contribution in [0.1, 0.15) is 34.2 Å². The molecular formula is C24H19NO4S. The second kappa shape index (κ2) is 8.16. The van der Waals surface area contributed by atoms with Crippen LogP contribution in [0.2, 0.25) is 0 Å². The number of hydrogen-bond acceptors (Lipinski definition) is 5. The lowest BCUT2D eigenvalue weighted by Crippen LogP contribution is -2.27. The Balaban J connectivity index is 1.53. The summed E-state index contributed by atoms with van der Waals surface area (Å²) in [5.74, 6) is 0.789. The smallest absolute Gasteiger partial charge is 0.293 e. The Morgan fingerprint density at radius 1 is 1.03 bits per heavy atom. The van der Waals surface area contributed by atoms with Crippen LogP contribution < -0.4 is 0 Å². The maximum atomic E-state index is 12.8. The van der Waals surface area contributed by atoms with E-state index in [1.165, 1.54) is 11.8 Å². The van der Waals surface area contributed by atoms with Crippen LogP contribution in [0, 0.1) is 6.92 Å². The van der Waals surface area contributed by atoms with Crippen molar-refractivity contribution in [3.63, 3.8) is 0 Å². The molecular weight excluding hydrogens is 398 g/mol. The van der Waals surface area contributed by atoms with E-state index in [0.29, 0.717) is 22.0 Å².